The van der Waals surface area contributed by atoms with E-state index < -0.39 is 23.5 Å². The molecule has 0 unspecified atom stereocenters. The summed E-state index contributed by atoms with van der Waals surface area (Å²) in [6.07, 6.45) is -1.75. The van der Waals surface area contributed by atoms with E-state index in [-0.39, 0.29) is 23.9 Å². The number of aliphatic carboxylic acids is 1. The van der Waals surface area contributed by atoms with Crippen LogP contribution >= 0.6 is 0 Å². The third-order valence-electron chi connectivity index (χ3n) is 5.84. The van der Waals surface area contributed by atoms with Gasteiger partial charge in [0.05, 0.1) is 11.3 Å². The Hall–Kier alpha value is -2.88. The van der Waals surface area contributed by atoms with E-state index in [9.17, 15) is 23.1 Å². The van der Waals surface area contributed by atoms with Gasteiger partial charge in [-0.25, -0.2) is 0 Å². The zero-order valence-electron chi connectivity index (χ0n) is 18.7. The normalized spacial score (nSPS) is 18.2. The molecule has 1 aromatic heterocycles. The first-order valence-electron chi connectivity index (χ1n) is 11.0. The van der Waals surface area contributed by atoms with Crippen molar-refractivity contribution >= 4 is 11.8 Å². The van der Waals surface area contributed by atoms with E-state index in [1.54, 1.807) is 13.0 Å². The van der Waals surface area contributed by atoms with E-state index in [0.717, 1.165) is 38.5 Å². The minimum Gasteiger partial charge on any atom is -0.507 e. The molecule has 1 aromatic carbocycles. The number of carboxylic acids is 1. The van der Waals surface area contributed by atoms with Gasteiger partial charge in [-0.1, -0.05) is 6.92 Å². The van der Waals surface area contributed by atoms with Gasteiger partial charge in [-0.15, -0.1) is 10.2 Å². The highest BCUT2D eigenvalue weighted by Gasteiger charge is 2.31. The van der Waals surface area contributed by atoms with Gasteiger partial charge >= 0.3 is 12.1 Å². The van der Waals surface area contributed by atoms with E-state index in [1.807, 2.05) is 0 Å². The molecule has 3 rings (SSSR count). The number of nitrogens with one attached hydrogen (secondary N) is 1. The maximum atomic E-state index is 12.9. The van der Waals surface area contributed by atoms with Crippen molar-refractivity contribution in [2.75, 3.05) is 25.0 Å². The van der Waals surface area contributed by atoms with Crippen LogP contribution in [0.15, 0.2) is 24.3 Å². The van der Waals surface area contributed by atoms with Gasteiger partial charge in [-0.3, -0.25) is 4.79 Å². The van der Waals surface area contributed by atoms with Gasteiger partial charge in [0.25, 0.3) is 0 Å². The maximum Gasteiger partial charge on any atom is 0.416 e. The number of alkyl halides is 3. The Balaban J connectivity index is 1.64. The number of rotatable bonds is 8. The molecule has 7 nitrogen and oxygen atoms in total. The molecule has 33 heavy (non-hydrogen) atoms. The quantitative estimate of drug-likeness (QED) is 0.525. The predicted molar refractivity (Wildman–Crippen MR) is 118 cm³/mol. The minimum atomic E-state index is -4.54. The highest BCUT2D eigenvalue weighted by atomic mass is 19.4. The van der Waals surface area contributed by atoms with Crippen LogP contribution in [0.3, 0.4) is 0 Å². The SMILES string of the molecule is Cc1cc(N[C@@H]2CCCN(C[C@@H](C)CCC(=O)O)C2)nnc1-c1ccc(C(F)(F)F)cc1O. The summed E-state index contributed by atoms with van der Waals surface area (Å²) in [5.41, 5.74) is 0.271. The van der Waals surface area contributed by atoms with Gasteiger partial charge in [-0.05, 0) is 68.5 Å². The van der Waals surface area contributed by atoms with Crippen LogP contribution in [0, 0.1) is 12.8 Å². The topological polar surface area (TPSA) is 98.6 Å². The largest absolute Gasteiger partial charge is 0.507 e. The van der Waals surface area contributed by atoms with Crippen molar-refractivity contribution in [1.29, 1.82) is 0 Å². The average Bonchev–Trinajstić information content (AvgIpc) is 2.72. The Morgan fingerprint density at radius 3 is 2.70 bits per heavy atom. The molecule has 1 aliphatic rings. The maximum absolute atomic E-state index is 12.9. The van der Waals surface area contributed by atoms with Crippen molar-refractivity contribution in [2.45, 2.75) is 51.7 Å². The zero-order valence-corrected chi connectivity index (χ0v) is 18.7. The summed E-state index contributed by atoms with van der Waals surface area (Å²) in [5.74, 6) is -0.420. The molecule has 10 heteroatoms. The summed E-state index contributed by atoms with van der Waals surface area (Å²) in [4.78, 5) is 13.1. The third-order valence-corrected chi connectivity index (χ3v) is 5.84. The number of aryl methyl sites for hydroxylation is 1. The molecule has 3 N–H and O–H groups in total. The van der Waals surface area contributed by atoms with E-state index in [4.69, 9.17) is 5.11 Å². The smallest absolute Gasteiger partial charge is 0.416 e. The summed E-state index contributed by atoms with van der Waals surface area (Å²) in [6.45, 7) is 6.43. The highest BCUT2D eigenvalue weighted by molar-refractivity contribution is 5.70. The lowest BCUT2D eigenvalue weighted by molar-refractivity contribution is -0.138. The zero-order chi connectivity index (χ0) is 24.2. The number of carboxylic acid groups (broad SMARTS) is 1. The summed E-state index contributed by atoms with van der Waals surface area (Å²) in [5, 5.41) is 30.7. The van der Waals surface area contributed by atoms with E-state index in [0.29, 0.717) is 29.6 Å². The molecule has 180 valence electrons. The Bertz CT molecular complexity index is 984. The number of benzene rings is 1. The molecule has 1 fully saturated rings. The van der Waals surface area contributed by atoms with Crippen molar-refractivity contribution in [3.05, 3.63) is 35.4 Å². The molecule has 0 amide bonds. The van der Waals surface area contributed by atoms with Crippen molar-refractivity contribution in [2.24, 2.45) is 5.92 Å². The van der Waals surface area contributed by atoms with Crippen LogP contribution in [-0.2, 0) is 11.0 Å². The number of nitrogens with zero attached hydrogens (tertiary/aromatic N) is 3. The predicted octanol–water partition coefficient (Wildman–Crippen LogP) is 4.55. The second-order valence-corrected chi connectivity index (χ2v) is 8.77. The monoisotopic (exact) mass is 466 g/mol. The van der Waals surface area contributed by atoms with Crippen LogP contribution in [0.1, 0.15) is 43.7 Å². The molecule has 0 aliphatic carbocycles. The number of piperidine rings is 1. The number of anilines is 1. The Labute approximate surface area is 190 Å². The molecule has 0 saturated carbocycles. The van der Waals surface area contributed by atoms with E-state index >= 15 is 0 Å². The molecule has 1 aliphatic heterocycles. The van der Waals surface area contributed by atoms with Gasteiger partial charge in [0.2, 0.25) is 0 Å². The summed E-state index contributed by atoms with van der Waals surface area (Å²) >= 11 is 0. The first-order valence-corrected chi connectivity index (χ1v) is 11.0. The second kappa shape index (κ2) is 10.4. The standard InChI is InChI=1S/C23H29F3N4O3/c1-14(5-8-21(32)33)12-30-9-3-4-17(13-30)27-20-10-15(2)22(29-28-20)18-7-6-16(11-19(18)31)23(24,25)26/h6-7,10-11,14,17,31H,3-5,8-9,12-13H2,1-2H3,(H,27,28)(H,32,33)/t14-,17+/m0/s1. The first kappa shape index (κ1) is 24.8. The summed E-state index contributed by atoms with van der Waals surface area (Å²) in [6, 6.07) is 4.73. The molecule has 0 radical (unpaired) electrons. The molecule has 2 heterocycles. The third kappa shape index (κ3) is 6.80. The fourth-order valence-electron chi connectivity index (χ4n) is 4.18. The fourth-order valence-corrected chi connectivity index (χ4v) is 4.18. The molecule has 0 bridgehead atoms. The minimum absolute atomic E-state index is 0.157. The van der Waals surface area contributed by atoms with Crippen molar-refractivity contribution in [3.63, 3.8) is 0 Å². The first-order chi connectivity index (χ1) is 15.5. The fraction of sp³-hybridized carbons (Fsp3) is 0.522. The van der Waals surface area contributed by atoms with Crippen molar-refractivity contribution in [3.8, 4) is 17.0 Å². The van der Waals surface area contributed by atoms with Gasteiger partial charge in [0, 0.05) is 31.1 Å². The van der Waals surface area contributed by atoms with E-state index in [1.165, 1.54) is 6.07 Å². The van der Waals surface area contributed by atoms with Crippen LogP contribution in [-0.4, -0.2) is 57.0 Å². The average molecular weight is 467 g/mol. The number of phenolic OH excluding ortho intramolecular Hbond substituents is 1. The number of likely N-dealkylation sites (tertiary alicyclic amines) is 1. The molecular weight excluding hydrogens is 437 g/mol. The number of aromatic nitrogens is 2. The number of aromatic hydroxyl groups is 1. The van der Waals surface area contributed by atoms with Gasteiger partial charge in [0.1, 0.15) is 11.6 Å². The second-order valence-electron chi connectivity index (χ2n) is 8.77. The van der Waals surface area contributed by atoms with Crippen LogP contribution in [0.25, 0.3) is 11.3 Å². The van der Waals surface area contributed by atoms with Crippen LogP contribution in [0.2, 0.25) is 0 Å². The Morgan fingerprint density at radius 2 is 2.06 bits per heavy atom. The number of halogens is 3. The Kier molecular flexibility index (Phi) is 7.78. The number of carbonyl (C=O) groups is 1. The van der Waals surface area contributed by atoms with Crippen LogP contribution in [0.4, 0.5) is 19.0 Å². The lowest BCUT2D eigenvalue weighted by atomic mass is 10.0. The lowest BCUT2D eigenvalue weighted by Gasteiger charge is -2.34. The highest BCUT2D eigenvalue weighted by Crippen LogP contribution is 2.36. The molecule has 2 aromatic rings. The number of phenols is 1. The molecule has 0 spiro atoms. The van der Waals surface area contributed by atoms with Crippen LogP contribution in [0.5, 0.6) is 5.75 Å². The molecular formula is C23H29F3N4O3. The number of hydrogen-bond acceptors (Lipinski definition) is 6. The lowest BCUT2D eigenvalue weighted by Crippen LogP contribution is -2.43. The Morgan fingerprint density at radius 1 is 1.30 bits per heavy atom. The molecule has 2 atom stereocenters. The van der Waals surface area contributed by atoms with E-state index in [2.05, 4.69) is 27.3 Å². The summed E-state index contributed by atoms with van der Waals surface area (Å²) < 4.78 is 38.6. The van der Waals surface area contributed by atoms with Gasteiger partial charge in [0.15, 0.2) is 0 Å². The van der Waals surface area contributed by atoms with Gasteiger partial charge < -0.3 is 20.4 Å². The number of hydrogen-bond donors (Lipinski definition) is 3. The molecule has 1 saturated heterocycles. The van der Waals surface area contributed by atoms with Crippen LogP contribution < -0.4 is 5.32 Å². The van der Waals surface area contributed by atoms with Crippen molar-refractivity contribution < 1.29 is 28.2 Å². The summed E-state index contributed by atoms with van der Waals surface area (Å²) in [7, 11) is 0. The van der Waals surface area contributed by atoms with Gasteiger partial charge in [-0.2, -0.15) is 13.2 Å². The van der Waals surface area contributed by atoms with Crippen molar-refractivity contribution in [1.82, 2.24) is 15.1 Å².